The van der Waals surface area contributed by atoms with Crippen LogP contribution in [0.5, 0.6) is 0 Å². The van der Waals surface area contributed by atoms with Gasteiger partial charge in [0.1, 0.15) is 5.58 Å². The van der Waals surface area contributed by atoms with E-state index >= 15 is 0 Å². The van der Waals surface area contributed by atoms with Crippen LogP contribution < -0.4 is 5.32 Å². The van der Waals surface area contributed by atoms with E-state index in [1.807, 2.05) is 6.07 Å². The molecule has 5 nitrogen and oxygen atoms in total. The summed E-state index contributed by atoms with van der Waals surface area (Å²) in [6, 6.07) is 4.10. The van der Waals surface area contributed by atoms with Gasteiger partial charge in [-0.15, -0.1) is 0 Å². The average molecular weight is 319 g/mol. The van der Waals surface area contributed by atoms with Gasteiger partial charge in [0.15, 0.2) is 0 Å². The maximum absolute atomic E-state index is 12.0. The Balaban J connectivity index is 1.78. The van der Waals surface area contributed by atoms with Crippen molar-refractivity contribution in [2.75, 3.05) is 33.5 Å². The fraction of sp³-hybridized carbons (Fsp3) is 0.500. The highest BCUT2D eigenvalue weighted by Gasteiger charge is 2.11. The first-order chi connectivity index (χ1) is 11.1. The van der Waals surface area contributed by atoms with Crippen LogP contribution in [0.3, 0.4) is 0 Å². The molecule has 1 aromatic carbocycles. The second-order valence-corrected chi connectivity index (χ2v) is 5.68. The third-order valence-corrected chi connectivity index (χ3v) is 3.84. The minimum Gasteiger partial charge on any atom is -0.464 e. The van der Waals surface area contributed by atoms with Crippen molar-refractivity contribution in [1.29, 1.82) is 0 Å². The van der Waals surface area contributed by atoms with Gasteiger partial charge in [0.2, 0.25) is 5.91 Å². The first kappa shape index (κ1) is 17.5. The highest BCUT2D eigenvalue weighted by atomic mass is 16.5. The second-order valence-electron chi connectivity index (χ2n) is 5.68. The Morgan fingerprint density at radius 3 is 2.74 bits per heavy atom. The summed E-state index contributed by atoms with van der Waals surface area (Å²) in [4.78, 5) is 12.0. The van der Waals surface area contributed by atoms with Crippen molar-refractivity contribution >= 4 is 16.9 Å². The zero-order valence-electron chi connectivity index (χ0n) is 14.1. The number of hydrogen-bond donors (Lipinski definition) is 1. The molecule has 0 saturated heterocycles. The molecule has 0 atom stereocenters. The Morgan fingerprint density at radius 1 is 1.17 bits per heavy atom. The lowest BCUT2D eigenvalue weighted by molar-refractivity contribution is -0.120. The number of fused-ring (bicyclic) bond motifs is 1. The van der Waals surface area contributed by atoms with Gasteiger partial charge >= 0.3 is 0 Å². The van der Waals surface area contributed by atoms with Crippen molar-refractivity contribution in [1.82, 2.24) is 5.32 Å². The van der Waals surface area contributed by atoms with Crippen LogP contribution in [-0.4, -0.2) is 39.4 Å². The summed E-state index contributed by atoms with van der Waals surface area (Å²) in [6.45, 7) is 6.53. The van der Waals surface area contributed by atoms with E-state index in [9.17, 15) is 4.79 Å². The van der Waals surface area contributed by atoms with Gasteiger partial charge in [0, 0.05) is 31.2 Å². The predicted octanol–water partition coefficient (Wildman–Crippen LogP) is 2.76. The number of nitrogens with one attached hydrogen (secondary N) is 1. The van der Waals surface area contributed by atoms with E-state index in [1.165, 1.54) is 11.1 Å². The summed E-state index contributed by atoms with van der Waals surface area (Å²) >= 11 is 0. The maximum atomic E-state index is 12.0. The van der Waals surface area contributed by atoms with Crippen LogP contribution in [0.15, 0.2) is 22.8 Å². The van der Waals surface area contributed by atoms with Gasteiger partial charge in [-0.2, -0.15) is 0 Å². The van der Waals surface area contributed by atoms with Crippen LogP contribution in [-0.2, 0) is 20.7 Å². The number of benzene rings is 1. The summed E-state index contributed by atoms with van der Waals surface area (Å²) < 4.78 is 15.8. The second kappa shape index (κ2) is 8.70. The van der Waals surface area contributed by atoms with Crippen molar-refractivity contribution in [3.63, 3.8) is 0 Å². The molecule has 1 amide bonds. The van der Waals surface area contributed by atoms with Crippen LogP contribution in [0.2, 0.25) is 0 Å². The summed E-state index contributed by atoms with van der Waals surface area (Å²) in [5.74, 6) is 0.00261. The van der Waals surface area contributed by atoms with Crippen LogP contribution in [0, 0.1) is 13.8 Å². The topological polar surface area (TPSA) is 60.7 Å². The normalized spacial score (nSPS) is 11.1. The fourth-order valence-electron chi connectivity index (χ4n) is 2.35. The SMILES string of the molecule is COCCOCCCNC(=O)Cc1coc2cc(C)c(C)cc12. The van der Waals surface area contributed by atoms with Gasteiger partial charge in [-0.3, -0.25) is 4.79 Å². The van der Waals surface area contributed by atoms with Crippen LogP contribution in [0.1, 0.15) is 23.1 Å². The van der Waals surface area contributed by atoms with Gasteiger partial charge in [0.25, 0.3) is 0 Å². The van der Waals surface area contributed by atoms with E-state index in [0.717, 1.165) is 23.0 Å². The molecule has 0 bridgehead atoms. The molecular formula is C18H25NO4. The van der Waals surface area contributed by atoms with Gasteiger partial charge in [-0.1, -0.05) is 0 Å². The molecular weight excluding hydrogens is 294 g/mol. The quantitative estimate of drug-likeness (QED) is 0.722. The average Bonchev–Trinajstić information content (AvgIpc) is 2.89. The van der Waals surface area contributed by atoms with E-state index in [0.29, 0.717) is 32.8 Å². The van der Waals surface area contributed by atoms with Crippen molar-refractivity contribution < 1.29 is 18.7 Å². The van der Waals surface area contributed by atoms with E-state index in [-0.39, 0.29) is 5.91 Å². The third-order valence-electron chi connectivity index (χ3n) is 3.84. The Hall–Kier alpha value is -1.85. The van der Waals surface area contributed by atoms with Crippen molar-refractivity contribution in [3.05, 3.63) is 35.1 Å². The molecule has 0 spiro atoms. The Kier molecular flexibility index (Phi) is 6.62. The summed E-state index contributed by atoms with van der Waals surface area (Å²) in [7, 11) is 1.64. The standard InChI is InChI=1S/C18H25NO4/c1-13-9-16-15(12-23-17(16)10-14(13)2)11-18(20)19-5-4-6-22-8-7-21-3/h9-10,12H,4-8,11H2,1-3H3,(H,19,20). The number of ether oxygens (including phenoxy) is 2. The first-order valence-electron chi connectivity index (χ1n) is 7.92. The molecule has 0 radical (unpaired) electrons. The lowest BCUT2D eigenvalue weighted by atomic mass is 10.0. The smallest absolute Gasteiger partial charge is 0.224 e. The number of hydrogen-bond acceptors (Lipinski definition) is 4. The van der Waals surface area contributed by atoms with Gasteiger partial charge in [0.05, 0.1) is 25.9 Å². The number of aryl methyl sites for hydroxylation is 2. The fourth-order valence-corrected chi connectivity index (χ4v) is 2.35. The van der Waals surface area contributed by atoms with Crippen molar-refractivity contribution in [2.45, 2.75) is 26.7 Å². The van der Waals surface area contributed by atoms with Crippen LogP contribution in [0.4, 0.5) is 0 Å². The third kappa shape index (κ3) is 5.08. The van der Waals surface area contributed by atoms with Crippen LogP contribution >= 0.6 is 0 Å². The van der Waals surface area contributed by atoms with E-state index in [4.69, 9.17) is 13.9 Å². The molecule has 0 aliphatic carbocycles. The Labute approximate surface area is 136 Å². The molecule has 1 heterocycles. The molecule has 0 fully saturated rings. The zero-order chi connectivity index (χ0) is 16.7. The number of carbonyl (C=O) groups excluding carboxylic acids is 1. The Bertz CT molecular complexity index is 648. The molecule has 0 unspecified atom stereocenters. The largest absolute Gasteiger partial charge is 0.464 e. The molecule has 2 aromatic rings. The number of rotatable bonds is 9. The summed E-state index contributed by atoms with van der Waals surface area (Å²) in [5.41, 5.74) is 4.16. The Morgan fingerprint density at radius 2 is 1.96 bits per heavy atom. The molecule has 1 N–H and O–H groups in total. The molecule has 2 rings (SSSR count). The molecule has 126 valence electrons. The van der Waals surface area contributed by atoms with Gasteiger partial charge < -0.3 is 19.2 Å². The van der Waals surface area contributed by atoms with E-state index in [1.54, 1.807) is 13.4 Å². The molecule has 1 aromatic heterocycles. The molecule has 0 aliphatic rings. The summed E-state index contributed by atoms with van der Waals surface area (Å²) in [5, 5.41) is 3.93. The molecule has 0 aliphatic heterocycles. The minimum absolute atomic E-state index is 0.00261. The number of amides is 1. The monoisotopic (exact) mass is 319 g/mol. The van der Waals surface area contributed by atoms with E-state index in [2.05, 4.69) is 25.2 Å². The number of methoxy groups -OCH3 is 1. The van der Waals surface area contributed by atoms with Gasteiger partial charge in [-0.25, -0.2) is 0 Å². The highest BCUT2D eigenvalue weighted by molar-refractivity contribution is 5.88. The van der Waals surface area contributed by atoms with E-state index < -0.39 is 0 Å². The molecule has 5 heteroatoms. The first-order valence-corrected chi connectivity index (χ1v) is 7.92. The number of furan rings is 1. The maximum Gasteiger partial charge on any atom is 0.224 e. The minimum atomic E-state index is 0.00261. The lowest BCUT2D eigenvalue weighted by Gasteiger charge is -2.06. The predicted molar refractivity (Wildman–Crippen MR) is 89.7 cm³/mol. The van der Waals surface area contributed by atoms with Crippen LogP contribution in [0.25, 0.3) is 11.0 Å². The molecule has 0 saturated carbocycles. The summed E-state index contributed by atoms with van der Waals surface area (Å²) in [6.07, 6.45) is 2.80. The lowest BCUT2D eigenvalue weighted by Crippen LogP contribution is -2.26. The molecule has 23 heavy (non-hydrogen) atoms. The van der Waals surface area contributed by atoms with Gasteiger partial charge in [-0.05, 0) is 43.5 Å². The highest BCUT2D eigenvalue weighted by Crippen LogP contribution is 2.25. The zero-order valence-corrected chi connectivity index (χ0v) is 14.1. The van der Waals surface area contributed by atoms with Crippen molar-refractivity contribution in [3.8, 4) is 0 Å². The number of carbonyl (C=O) groups is 1. The van der Waals surface area contributed by atoms with Crippen molar-refractivity contribution in [2.24, 2.45) is 0 Å².